The second-order valence-corrected chi connectivity index (χ2v) is 5.41. The van der Waals surface area contributed by atoms with E-state index in [4.69, 9.17) is 10.5 Å². The van der Waals surface area contributed by atoms with Crippen molar-refractivity contribution in [3.63, 3.8) is 0 Å². The third kappa shape index (κ3) is 4.17. The topological polar surface area (TPSA) is 102 Å². The summed E-state index contributed by atoms with van der Waals surface area (Å²) in [6.07, 6.45) is -0.00545. The van der Waals surface area contributed by atoms with Crippen LogP contribution in [0.3, 0.4) is 0 Å². The number of nitro groups is 1. The predicted octanol–water partition coefficient (Wildman–Crippen LogP) is 0.607. The van der Waals surface area contributed by atoms with Crippen LogP contribution in [0.15, 0.2) is 24.3 Å². The van der Waals surface area contributed by atoms with Crippen molar-refractivity contribution in [1.29, 1.82) is 0 Å². The third-order valence-electron chi connectivity index (χ3n) is 4.05. The van der Waals surface area contributed by atoms with E-state index in [1.807, 2.05) is 4.90 Å². The number of hydrogen-bond donors (Lipinski definition) is 1. The number of nitro benzene ring substituents is 1. The van der Waals surface area contributed by atoms with E-state index in [2.05, 4.69) is 0 Å². The number of amides is 1. The second-order valence-electron chi connectivity index (χ2n) is 5.41. The van der Waals surface area contributed by atoms with Gasteiger partial charge in [-0.15, -0.1) is 0 Å². The van der Waals surface area contributed by atoms with Gasteiger partial charge in [-0.05, 0) is 6.07 Å². The largest absolute Gasteiger partial charge is 0.380 e. The number of nitrogens with two attached hydrogens (primary N) is 1. The van der Waals surface area contributed by atoms with Gasteiger partial charge in [-0.25, -0.2) is 0 Å². The summed E-state index contributed by atoms with van der Waals surface area (Å²) in [4.78, 5) is 26.6. The Morgan fingerprint density at radius 3 is 2.57 bits per heavy atom. The summed E-state index contributed by atoms with van der Waals surface area (Å²) in [7, 11) is 1.54. The normalized spacial score (nSPS) is 16.3. The van der Waals surface area contributed by atoms with E-state index in [0.29, 0.717) is 38.4 Å². The zero-order valence-corrected chi connectivity index (χ0v) is 13.2. The molecule has 1 aliphatic heterocycles. The molecule has 0 spiro atoms. The summed E-state index contributed by atoms with van der Waals surface area (Å²) in [6.45, 7) is 2.50. The number of nitrogens with zero attached hydrogens (tertiary/aromatic N) is 3. The first-order chi connectivity index (χ1) is 11.1. The number of anilines is 1. The van der Waals surface area contributed by atoms with E-state index >= 15 is 0 Å². The molecule has 1 heterocycles. The minimum atomic E-state index is -0.378. The van der Waals surface area contributed by atoms with Crippen molar-refractivity contribution in [3.8, 4) is 0 Å². The zero-order chi connectivity index (χ0) is 16.8. The van der Waals surface area contributed by atoms with E-state index in [0.717, 1.165) is 0 Å². The lowest BCUT2D eigenvalue weighted by molar-refractivity contribution is -0.384. The molecular weight excluding hydrogens is 300 g/mol. The number of hydrogen-bond acceptors (Lipinski definition) is 6. The summed E-state index contributed by atoms with van der Waals surface area (Å²) in [5.74, 6) is 0.00418. The highest BCUT2D eigenvalue weighted by atomic mass is 16.6. The average molecular weight is 322 g/mol. The van der Waals surface area contributed by atoms with Crippen LogP contribution in [-0.2, 0) is 9.53 Å². The van der Waals surface area contributed by atoms with E-state index in [-0.39, 0.29) is 29.0 Å². The fourth-order valence-corrected chi connectivity index (χ4v) is 2.67. The quantitative estimate of drug-likeness (QED) is 0.608. The molecule has 8 nitrogen and oxygen atoms in total. The summed E-state index contributed by atoms with van der Waals surface area (Å²) >= 11 is 0. The first-order valence-corrected chi connectivity index (χ1v) is 7.55. The SMILES string of the molecule is COC(CN)CC(=O)N1CCN(c2ccccc2[N+](=O)[O-])CC1. The van der Waals surface area contributed by atoms with Crippen molar-refractivity contribution in [1.82, 2.24) is 4.90 Å². The molecule has 8 heteroatoms. The van der Waals surface area contributed by atoms with Crippen LogP contribution in [0.1, 0.15) is 6.42 Å². The second kappa shape index (κ2) is 7.89. The van der Waals surface area contributed by atoms with Crippen LogP contribution >= 0.6 is 0 Å². The highest BCUT2D eigenvalue weighted by Crippen LogP contribution is 2.28. The maximum absolute atomic E-state index is 12.2. The van der Waals surface area contributed by atoms with Crippen molar-refractivity contribution >= 4 is 17.3 Å². The minimum Gasteiger partial charge on any atom is -0.380 e. The first-order valence-electron chi connectivity index (χ1n) is 7.55. The van der Waals surface area contributed by atoms with Gasteiger partial charge >= 0.3 is 0 Å². The van der Waals surface area contributed by atoms with Crippen molar-refractivity contribution < 1.29 is 14.5 Å². The van der Waals surface area contributed by atoms with Gasteiger partial charge < -0.3 is 20.3 Å². The number of methoxy groups -OCH3 is 1. The van der Waals surface area contributed by atoms with Gasteiger partial charge in [0.15, 0.2) is 0 Å². The molecule has 1 unspecified atom stereocenters. The van der Waals surface area contributed by atoms with Gasteiger partial charge in [-0.2, -0.15) is 0 Å². The molecule has 0 radical (unpaired) electrons. The third-order valence-corrected chi connectivity index (χ3v) is 4.05. The van der Waals surface area contributed by atoms with Gasteiger partial charge in [-0.1, -0.05) is 12.1 Å². The molecule has 1 amide bonds. The van der Waals surface area contributed by atoms with Crippen LogP contribution in [-0.4, -0.2) is 61.7 Å². The summed E-state index contributed by atoms with van der Waals surface area (Å²) in [5.41, 5.74) is 6.23. The number of benzene rings is 1. The number of rotatable bonds is 6. The van der Waals surface area contributed by atoms with Crippen LogP contribution in [0.2, 0.25) is 0 Å². The van der Waals surface area contributed by atoms with Crippen LogP contribution in [0.4, 0.5) is 11.4 Å². The van der Waals surface area contributed by atoms with Crippen molar-refractivity contribution in [2.75, 3.05) is 44.7 Å². The maximum atomic E-state index is 12.2. The average Bonchev–Trinajstić information content (AvgIpc) is 2.59. The number of carbonyl (C=O) groups is 1. The zero-order valence-electron chi connectivity index (χ0n) is 13.2. The first kappa shape index (κ1) is 17.2. The lowest BCUT2D eigenvalue weighted by atomic mass is 10.2. The Balaban J connectivity index is 1.96. The van der Waals surface area contributed by atoms with E-state index in [1.165, 1.54) is 13.2 Å². The standard InChI is InChI=1S/C15H22N4O4/c1-23-12(11-16)10-15(20)18-8-6-17(7-9-18)13-4-2-3-5-14(13)19(21)22/h2-5,12H,6-11,16H2,1H3. The Hall–Kier alpha value is -2.19. The van der Waals surface area contributed by atoms with Gasteiger partial charge in [-0.3, -0.25) is 14.9 Å². The molecule has 1 aromatic carbocycles. The highest BCUT2D eigenvalue weighted by Gasteiger charge is 2.26. The Morgan fingerprint density at radius 2 is 2.00 bits per heavy atom. The lowest BCUT2D eigenvalue weighted by Crippen LogP contribution is -2.49. The maximum Gasteiger partial charge on any atom is 0.292 e. The Labute approximate surface area is 134 Å². The predicted molar refractivity (Wildman–Crippen MR) is 86.4 cm³/mol. The van der Waals surface area contributed by atoms with Gasteiger partial charge in [0, 0.05) is 45.9 Å². The molecule has 0 saturated carbocycles. The molecule has 0 aromatic heterocycles. The molecule has 0 aliphatic carbocycles. The molecule has 126 valence electrons. The lowest BCUT2D eigenvalue weighted by Gasteiger charge is -2.36. The number of ether oxygens (including phenoxy) is 1. The van der Waals surface area contributed by atoms with Gasteiger partial charge in [0.25, 0.3) is 5.69 Å². The molecule has 1 atom stereocenters. The molecule has 1 aromatic rings. The highest BCUT2D eigenvalue weighted by molar-refractivity contribution is 5.77. The summed E-state index contributed by atoms with van der Waals surface area (Å²) < 4.78 is 5.14. The summed E-state index contributed by atoms with van der Waals surface area (Å²) in [5, 5.41) is 11.1. The van der Waals surface area contributed by atoms with E-state index in [9.17, 15) is 14.9 Å². The Bertz CT molecular complexity index is 554. The van der Waals surface area contributed by atoms with Gasteiger partial charge in [0.05, 0.1) is 17.4 Å². The number of piperazine rings is 1. The van der Waals surface area contributed by atoms with Crippen molar-refractivity contribution in [2.45, 2.75) is 12.5 Å². The van der Waals surface area contributed by atoms with Crippen LogP contribution in [0, 0.1) is 10.1 Å². The Kier molecular flexibility index (Phi) is 5.89. The smallest absolute Gasteiger partial charge is 0.292 e. The van der Waals surface area contributed by atoms with Crippen molar-refractivity contribution in [2.24, 2.45) is 5.73 Å². The number of carbonyl (C=O) groups excluding carboxylic acids is 1. The Morgan fingerprint density at radius 1 is 1.35 bits per heavy atom. The van der Waals surface area contributed by atoms with Gasteiger partial charge in [0.2, 0.25) is 5.91 Å². The molecule has 1 aliphatic rings. The van der Waals surface area contributed by atoms with Gasteiger partial charge in [0.1, 0.15) is 5.69 Å². The molecule has 23 heavy (non-hydrogen) atoms. The number of para-hydroxylation sites is 2. The van der Waals surface area contributed by atoms with Crippen LogP contribution in [0.5, 0.6) is 0 Å². The van der Waals surface area contributed by atoms with Crippen LogP contribution < -0.4 is 10.6 Å². The summed E-state index contributed by atoms with van der Waals surface area (Å²) in [6, 6.07) is 6.67. The minimum absolute atomic E-state index is 0.00418. The molecule has 0 bridgehead atoms. The fraction of sp³-hybridized carbons (Fsp3) is 0.533. The molecular formula is C15H22N4O4. The van der Waals surface area contributed by atoms with Crippen LogP contribution in [0.25, 0.3) is 0 Å². The molecule has 1 fully saturated rings. The molecule has 2 rings (SSSR count). The fourth-order valence-electron chi connectivity index (χ4n) is 2.67. The molecule has 1 saturated heterocycles. The molecule has 2 N–H and O–H groups in total. The monoisotopic (exact) mass is 322 g/mol. The van der Waals surface area contributed by atoms with Crippen molar-refractivity contribution in [3.05, 3.63) is 34.4 Å². The van der Waals surface area contributed by atoms with E-state index in [1.54, 1.807) is 23.1 Å². The van der Waals surface area contributed by atoms with E-state index < -0.39 is 0 Å².